The van der Waals surface area contributed by atoms with Crippen LogP contribution in [-0.2, 0) is 10.0 Å². The van der Waals surface area contributed by atoms with Crippen molar-refractivity contribution in [1.29, 1.82) is 0 Å². The number of H-pyrrole nitrogens is 2. The lowest BCUT2D eigenvalue weighted by atomic mass is 10.3. The first-order valence-electron chi connectivity index (χ1n) is 5.85. The molecule has 23 heavy (non-hydrogen) atoms. The molecule has 0 aliphatic carbocycles. The van der Waals surface area contributed by atoms with Crippen molar-refractivity contribution in [2.24, 2.45) is 0 Å². The van der Waals surface area contributed by atoms with E-state index in [2.05, 4.69) is 9.97 Å². The number of hydrogen-bond donors (Lipinski definition) is 3. The first-order valence-corrected chi connectivity index (χ1v) is 8.04. The van der Waals surface area contributed by atoms with Crippen molar-refractivity contribution in [2.75, 3.05) is 0 Å². The molecule has 0 aliphatic heterocycles. The molecule has 0 unspecified atom stereocenters. The van der Waals surface area contributed by atoms with Crippen LogP contribution in [0.25, 0.3) is 11.2 Å². The predicted molar refractivity (Wildman–Crippen MR) is 81.7 cm³/mol. The Labute approximate surface area is 137 Å². The van der Waals surface area contributed by atoms with E-state index in [1.54, 1.807) is 0 Å². The molecule has 0 spiro atoms. The normalized spacial score (nSPS) is 11.9. The second-order valence-corrected chi connectivity index (χ2v) is 7.01. The highest BCUT2D eigenvalue weighted by Crippen LogP contribution is 2.35. The molecule has 3 N–H and O–H groups in total. The number of imidazole rings is 1. The Morgan fingerprint density at radius 3 is 2.57 bits per heavy atom. The number of halogens is 2. The highest BCUT2D eigenvalue weighted by atomic mass is 35.5. The first kappa shape index (κ1) is 15.6. The van der Waals surface area contributed by atoms with E-state index in [9.17, 15) is 23.1 Å². The maximum Gasteiger partial charge on any atom is 0.327 e. The number of aromatic nitrogens is 4. The van der Waals surface area contributed by atoms with Crippen LogP contribution in [-0.4, -0.2) is 32.4 Å². The summed E-state index contributed by atoms with van der Waals surface area (Å²) in [4.78, 5) is 30.1. The topological polar surface area (TPSA) is 138 Å². The van der Waals surface area contributed by atoms with Crippen molar-refractivity contribution in [2.45, 2.75) is 4.90 Å². The van der Waals surface area contributed by atoms with Gasteiger partial charge in [-0.05, 0) is 12.1 Å². The standard InChI is InChI=1S/C11H6Cl2N4O5S/c12-4-1-5(13)8(18)6(2-4)23(21,22)17-3-14-7-9(17)15-11(20)16-10(7)19/h1-3,18H,(H2,15,16,19,20). The highest BCUT2D eigenvalue weighted by molar-refractivity contribution is 7.90. The molecule has 3 rings (SSSR count). The number of aromatic amines is 2. The van der Waals surface area contributed by atoms with E-state index in [-0.39, 0.29) is 21.2 Å². The second-order valence-electron chi connectivity index (χ2n) is 4.39. The van der Waals surface area contributed by atoms with Crippen molar-refractivity contribution in [3.8, 4) is 5.75 Å². The molecule has 3 aromatic rings. The van der Waals surface area contributed by atoms with Gasteiger partial charge in [-0.15, -0.1) is 0 Å². The maximum atomic E-state index is 12.7. The largest absolute Gasteiger partial charge is 0.505 e. The summed E-state index contributed by atoms with van der Waals surface area (Å²) in [6, 6.07) is 2.14. The average molecular weight is 377 g/mol. The van der Waals surface area contributed by atoms with Gasteiger partial charge in [-0.25, -0.2) is 22.2 Å². The SMILES string of the molecule is O=c1[nH]c(=O)c2ncn(S(=O)(=O)c3cc(Cl)cc(Cl)c3O)c2[nH]1. The van der Waals surface area contributed by atoms with Crippen LogP contribution in [0.3, 0.4) is 0 Å². The summed E-state index contributed by atoms with van der Waals surface area (Å²) in [6.07, 6.45) is 0.819. The second kappa shape index (κ2) is 5.11. The van der Waals surface area contributed by atoms with E-state index < -0.39 is 31.9 Å². The van der Waals surface area contributed by atoms with Crippen molar-refractivity contribution in [3.05, 3.63) is 49.3 Å². The third-order valence-electron chi connectivity index (χ3n) is 2.94. The predicted octanol–water partition coefficient (Wildman–Crippen LogP) is 0.662. The fraction of sp³-hybridized carbons (Fsp3) is 0. The summed E-state index contributed by atoms with van der Waals surface area (Å²) in [5.41, 5.74) is -2.41. The molecule has 0 bridgehead atoms. The molecule has 120 valence electrons. The summed E-state index contributed by atoms with van der Waals surface area (Å²) in [7, 11) is -4.42. The van der Waals surface area contributed by atoms with E-state index in [1.165, 1.54) is 0 Å². The number of phenols is 1. The molecular weight excluding hydrogens is 371 g/mol. The number of nitrogens with one attached hydrogen (secondary N) is 2. The number of nitrogens with zero attached hydrogens (tertiary/aromatic N) is 2. The van der Waals surface area contributed by atoms with Gasteiger partial charge in [0.15, 0.2) is 16.9 Å². The molecular formula is C11H6Cl2N4O5S. The van der Waals surface area contributed by atoms with Crippen molar-refractivity contribution >= 4 is 44.4 Å². The average Bonchev–Trinajstić information content (AvgIpc) is 2.87. The molecule has 12 heteroatoms. The van der Waals surface area contributed by atoms with Crippen LogP contribution in [0.1, 0.15) is 0 Å². The van der Waals surface area contributed by atoms with Gasteiger partial charge in [0.25, 0.3) is 15.6 Å². The van der Waals surface area contributed by atoms with E-state index in [4.69, 9.17) is 23.2 Å². The summed E-state index contributed by atoms with van der Waals surface area (Å²) in [6.45, 7) is 0. The van der Waals surface area contributed by atoms with Crippen LogP contribution >= 0.6 is 23.2 Å². The summed E-state index contributed by atoms with van der Waals surface area (Å²) >= 11 is 11.5. The van der Waals surface area contributed by atoms with Crippen LogP contribution < -0.4 is 11.2 Å². The minimum absolute atomic E-state index is 0.0258. The molecule has 0 saturated carbocycles. The fourth-order valence-electron chi connectivity index (χ4n) is 1.94. The van der Waals surface area contributed by atoms with Crippen LogP contribution in [0.5, 0.6) is 5.75 Å². The quantitative estimate of drug-likeness (QED) is 0.600. The lowest BCUT2D eigenvalue weighted by molar-refractivity contribution is 0.458. The summed E-state index contributed by atoms with van der Waals surface area (Å²) < 4.78 is 25.9. The van der Waals surface area contributed by atoms with E-state index in [0.717, 1.165) is 18.5 Å². The van der Waals surface area contributed by atoms with Crippen LogP contribution in [0, 0.1) is 0 Å². The van der Waals surface area contributed by atoms with Gasteiger partial charge in [0.05, 0.1) is 5.02 Å². The van der Waals surface area contributed by atoms with E-state index >= 15 is 0 Å². The van der Waals surface area contributed by atoms with Gasteiger partial charge in [0.1, 0.15) is 11.2 Å². The molecule has 1 aromatic carbocycles. The van der Waals surface area contributed by atoms with Crippen molar-refractivity contribution in [3.63, 3.8) is 0 Å². The van der Waals surface area contributed by atoms with Crippen LogP contribution in [0.15, 0.2) is 32.9 Å². The smallest absolute Gasteiger partial charge is 0.327 e. The molecule has 0 fully saturated rings. The van der Waals surface area contributed by atoms with Gasteiger partial charge in [-0.2, -0.15) is 0 Å². The fourth-order valence-corrected chi connectivity index (χ4v) is 3.94. The maximum absolute atomic E-state index is 12.7. The Hall–Kier alpha value is -2.30. The molecule has 0 saturated heterocycles. The zero-order chi connectivity index (χ0) is 16.9. The molecule has 2 aromatic heterocycles. The monoisotopic (exact) mass is 376 g/mol. The Morgan fingerprint density at radius 2 is 1.87 bits per heavy atom. The molecule has 0 radical (unpaired) electrons. The van der Waals surface area contributed by atoms with Gasteiger partial charge in [0, 0.05) is 5.02 Å². The number of benzene rings is 1. The summed E-state index contributed by atoms with van der Waals surface area (Å²) in [5.74, 6) is -0.717. The lowest BCUT2D eigenvalue weighted by Gasteiger charge is -2.09. The molecule has 0 amide bonds. The van der Waals surface area contributed by atoms with Crippen LogP contribution in [0.4, 0.5) is 0 Å². The van der Waals surface area contributed by atoms with Gasteiger partial charge in [0.2, 0.25) is 0 Å². The Balaban J connectivity index is 2.39. The lowest BCUT2D eigenvalue weighted by Crippen LogP contribution is -2.23. The summed E-state index contributed by atoms with van der Waals surface area (Å²) in [5, 5.41) is 9.60. The highest BCUT2D eigenvalue weighted by Gasteiger charge is 2.26. The Kier molecular flexibility index (Phi) is 3.47. The van der Waals surface area contributed by atoms with Gasteiger partial charge in [-0.3, -0.25) is 14.8 Å². The Bertz CT molecular complexity index is 1160. The van der Waals surface area contributed by atoms with Crippen molar-refractivity contribution < 1.29 is 13.5 Å². The minimum Gasteiger partial charge on any atom is -0.505 e. The van der Waals surface area contributed by atoms with E-state index in [0.29, 0.717) is 3.97 Å². The van der Waals surface area contributed by atoms with Gasteiger partial charge >= 0.3 is 5.69 Å². The third kappa shape index (κ3) is 2.40. The number of rotatable bonds is 2. The number of phenolic OH excluding ortho intramolecular Hbond substituents is 1. The Morgan fingerprint density at radius 1 is 1.17 bits per heavy atom. The van der Waals surface area contributed by atoms with Gasteiger partial charge in [-0.1, -0.05) is 23.2 Å². The number of fused-ring (bicyclic) bond motifs is 1. The third-order valence-corrected chi connectivity index (χ3v) is 5.11. The molecule has 0 aliphatic rings. The zero-order valence-electron chi connectivity index (χ0n) is 10.9. The van der Waals surface area contributed by atoms with Crippen LogP contribution in [0.2, 0.25) is 10.0 Å². The molecule has 2 heterocycles. The number of hydrogen-bond acceptors (Lipinski definition) is 6. The molecule has 9 nitrogen and oxygen atoms in total. The van der Waals surface area contributed by atoms with Gasteiger partial charge < -0.3 is 5.11 Å². The first-order chi connectivity index (χ1) is 10.7. The molecule has 0 atom stereocenters. The zero-order valence-corrected chi connectivity index (χ0v) is 13.2. The van der Waals surface area contributed by atoms with Crippen molar-refractivity contribution in [1.82, 2.24) is 18.9 Å². The van der Waals surface area contributed by atoms with E-state index in [1.807, 2.05) is 4.98 Å². The number of aromatic hydroxyl groups is 1. The minimum atomic E-state index is -4.42.